The van der Waals surface area contributed by atoms with E-state index in [2.05, 4.69) is 18.8 Å². The summed E-state index contributed by atoms with van der Waals surface area (Å²) in [6.45, 7) is 6.41. The Hall–Kier alpha value is 0.0969. The van der Waals surface area contributed by atoms with E-state index in [1.165, 1.54) is 6.42 Å². The molecule has 4 heteroatoms. The highest BCUT2D eigenvalue weighted by molar-refractivity contribution is 6.66. The summed E-state index contributed by atoms with van der Waals surface area (Å²) in [5, 5.41) is 3.39. The van der Waals surface area contributed by atoms with Crippen molar-refractivity contribution in [2.75, 3.05) is 20.2 Å². The Morgan fingerprint density at radius 2 is 2.38 bits per heavy atom. The molecule has 1 aliphatic rings. The van der Waals surface area contributed by atoms with E-state index in [1.54, 1.807) is 7.11 Å². The smallest absolute Gasteiger partial charge is 0.334 e. The van der Waals surface area contributed by atoms with E-state index in [4.69, 9.17) is 8.85 Å². The second-order valence-electron chi connectivity index (χ2n) is 3.79. The van der Waals surface area contributed by atoms with Crippen LogP contribution in [0.3, 0.4) is 0 Å². The summed E-state index contributed by atoms with van der Waals surface area (Å²) in [6, 6.07) is 1.10. The third-order valence-corrected chi connectivity index (χ3v) is 5.62. The first-order valence-electron chi connectivity index (χ1n) is 5.14. The Morgan fingerprint density at radius 3 is 3.00 bits per heavy atom. The maximum Gasteiger partial charge on any atom is 0.334 e. The van der Waals surface area contributed by atoms with E-state index in [0.717, 1.165) is 25.6 Å². The summed E-state index contributed by atoms with van der Waals surface area (Å²) in [5.74, 6) is 0. The van der Waals surface area contributed by atoms with Crippen molar-refractivity contribution < 1.29 is 8.85 Å². The predicted molar refractivity (Wildman–Crippen MR) is 56.1 cm³/mol. The lowest BCUT2D eigenvalue weighted by molar-refractivity contribution is 0.122. The molecule has 3 nitrogen and oxygen atoms in total. The van der Waals surface area contributed by atoms with Gasteiger partial charge in [0.05, 0.1) is 6.10 Å². The summed E-state index contributed by atoms with van der Waals surface area (Å²) in [7, 11) is -0.0315. The molecule has 1 aliphatic heterocycles. The minimum atomic E-state index is -1.82. The van der Waals surface area contributed by atoms with Crippen molar-refractivity contribution >= 4 is 8.56 Å². The maximum absolute atomic E-state index is 6.03. The van der Waals surface area contributed by atoms with Crippen LogP contribution in [0.1, 0.15) is 19.8 Å². The minimum Gasteiger partial charge on any atom is -0.398 e. The van der Waals surface area contributed by atoms with Crippen molar-refractivity contribution in [1.82, 2.24) is 5.32 Å². The molecule has 0 aromatic carbocycles. The van der Waals surface area contributed by atoms with Gasteiger partial charge in [-0.05, 0) is 32.0 Å². The first-order valence-corrected chi connectivity index (χ1v) is 7.66. The predicted octanol–water partition coefficient (Wildman–Crippen LogP) is 1.49. The first kappa shape index (κ1) is 11.2. The van der Waals surface area contributed by atoms with Crippen LogP contribution in [-0.4, -0.2) is 34.9 Å². The Balaban J connectivity index is 2.52. The molecule has 0 aliphatic carbocycles. The molecule has 1 N–H and O–H groups in total. The number of rotatable bonds is 2. The van der Waals surface area contributed by atoms with Crippen molar-refractivity contribution in [2.24, 2.45) is 0 Å². The van der Waals surface area contributed by atoms with Crippen LogP contribution in [0, 0.1) is 0 Å². The van der Waals surface area contributed by atoms with Crippen LogP contribution in [0.2, 0.25) is 12.6 Å². The third kappa shape index (κ3) is 3.38. The molecular formula is C9H21NO2Si. The molecule has 1 rings (SSSR count). The maximum atomic E-state index is 6.03. The second kappa shape index (κ2) is 5.10. The van der Waals surface area contributed by atoms with E-state index in [0.29, 0.717) is 6.10 Å². The normalized spacial score (nSPS) is 36.7. The molecule has 0 aromatic heterocycles. The summed E-state index contributed by atoms with van der Waals surface area (Å²) in [5.41, 5.74) is 0. The van der Waals surface area contributed by atoms with Crippen molar-refractivity contribution in [3.63, 3.8) is 0 Å². The lowest BCUT2D eigenvalue weighted by Gasteiger charge is -2.32. The second-order valence-corrected chi connectivity index (χ2v) is 7.21. The fourth-order valence-corrected chi connectivity index (χ4v) is 3.82. The van der Waals surface area contributed by atoms with Gasteiger partial charge in [-0.1, -0.05) is 6.92 Å². The fraction of sp³-hybridized carbons (Fsp3) is 1.00. The van der Waals surface area contributed by atoms with E-state index in [1.807, 2.05) is 0 Å². The number of nitrogens with one attached hydrogen (secondary N) is 1. The molecule has 0 aromatic rings. The summed E-state index contributed by atoms with van der Waals surface area (Å²) >= 11 is 0. The Morgan fingerprint density at radius 1 is 1.62 bits per heavy atom. The zero-order valence-corrected chi connectivity index (χ0v) is 9.93. The molecule has 13 heavy (non-hydrogen) atoms. The van der Waals surface area contributed by atoms with E-state index >= 15 is 0 Å². The molecule has 1 heterocycles. The molecule has 0 amide bonds. The van der Waals surface area contributed by atoms with Crippen LogP contribution in [0.4, 0.5) is 0 Å². The molecule has 0 bridgehead atoms. The molecular weight excluding hydrogens is 182 g/mol. The van der Waals surface area contributed by atoms with E-state index < -0.39 is 8.56 Å². The average molecular weight is 203 g/mol. The quantitative estimate of drug-likeness (QED) is 0.690. The van der Waals surface area contributed by atoms with Crippen molar-refractivity contribution in [1.29, 1.82) is 0 Å². The van der Waals surface area contributed by atoms with Gasteiger partial charge in [0.1, 0.15) is 0 Å². The number of hydrogen-bond donors (Lipinski definition) is 1. The summed E-state index contributed by atoms with van der Waals surface area (Å²) < 4.78 is 11.6. The van der Waals surface area contributed by atoms with Crippen LogP contribution in [-0.2, 0) is 8.85 Å². The highest BCUT2D eigenvalue weighted by atomic mass is 28.4. The molecule has 0 spiro atoms. The van der Waals surface area contributed by atoms with Gasteiger partial charge in [-0.2, -0.15) is 0 Å². The van der Waals surface area contributed by atoms with Gasteiger partial charge < -0.3 is 14.2 Å². The Bertz CT molecular complexity index is 157. The van der Waals surface area contributed by atoms with Crippen LogP contribution >= 0.6 is 0 Å². The average Bonchev–Trinajstić information content (AvgIpc) is 2.11. The topological polar surface area (TPSA) is 30.5 Å². The largest absolute Gasteiger partial charge is 0.398 e. The fourth-order valence-electron chi connectivity index (χ4n) is 1.63. The van der Waals surface area contributed by atoms with Gasteiger partial charge in [-0.3, -0.25) is 0 Å². The van der Waals surface area contributed by atoms with Gasteiger partial charge in [0, 0.05) is 13.7 Å². The number of hydrogen-bond acceptors (Lipinski definition) is 3. The first-order chi connectivity index (χ1) is 6.20. The van der Waals surface area contributed by atoms with Crippen LogP contribution < -0.4 is 5.32 Å². The third-order valence-electron chi connectivity index (χ3n) is 2.66. The van der Waals surface area contributed by atoms with Crippen LogP contribution in [0.25, 0.3) is 0 Å². The van der Waals surface area contributed by atoms with Crippen LogP contribution in [0.5, 0.6) is 0 Å². The van der Waals surface area contributed by atoms with Gasteiger partial charge in [0.25, 0.3) is 0 Å². The molecule has 78 valence electrons. The van der Waals surface area contributed by atoms with Gasteiger partial charge in [-0.15, -0.1) is 0 Å². The zero-order chi connectivity index (χ0) is 9.73. The van der Waals surface area contributed by atoms with Gasteiger partial charge in [-0.25, -0.2) is 0 Å². The Kier molecular flexibility index (Phi) is 4.38. The van der Waals surface area contributed by atoms with E-state index in [-0.39, 0.29) is 0 Å². The van der Waals surface area contributed by atoms with E-state index in [9.17, 15) is 0 Å². The summed E-state index contributed by atoms with van der Waals surface area (Å²) in [6.07, 6.45) is 2.59. The minimum absolute atomic E-state index is 0.344. The molecule has 0 saturated carbocycles. The van der Waals surface area contributed by atoms with Crippen molar-refractivity contribution in [2.45, 2.75) is 38.5 Å². The van der Waals surface area contributed by atoms with Gasteiger partial charge in [0.2, 0.25) is 0 Å². The zero-order valence-electron chi connectivity index (χ0n) is 8.93. The molecule has 1 saturated heterocycles. The van der Waals surface area contributed by atoms with Gasteiger partial charge >= 0.3 is 8.56 Å². The lowest BCUT2D eigenvalue weighted by Crippen LogP contribution is -2.46. The molecule has 0 radical (unpaired) electrons. The highest BCUT2D eigenvalue weighted by Crippen LogP contribution is 2.19. The monoisotopic (exact) mass is 203 g/mol. The van der Waals surface area contributed by atoms with Gasteiger partial charge in [0.15, 0.2) is 0 Å². The van der Waals surface area contributed by atoms with Crippen LogP contribution in [0.15, 0.2) is 0 Å². The Labute approximate surface area is 82.1 Å². The summed E-state index contributed by atoms with van der Waals surface area (Å²) in [4.78, 5) is 0. The van der Waals surface area contributed by atoms with Crippen molar-refractivity contribution in [3.05, 3.63) is 0 Å². The standard InChI is InChI=1S/C9H21NO2Si/c1-4-9-8-10-6-5-7-13(3,11-2)12-9/h9-10H,4-8H2,1-3H3. The molecule has 2 unspecified atom stereocenters. The SMILES string of the molecule is CCC1CNCCC[Si](C)(OC)O1. The lowest BCUT2D eigenvalue weighted by atomic mass is 10.3. The molecule has 2 atom stereocenters. The highest BCUT2D eigenvalue weighted by Gasteiger charge is 2.33. The van der Waals surface area contributed by atoms with Crippen molar-refractivity contribution in [3.8, 4) is 0 Å². The molecule has 1 fully saturated rings.